The van der Waals surface area contributed by atoms with Crippen LogP contribution in [0.25, 0.3) is 0 Å². The van der Waals surface area contributed by atoms with E-state index < -0.39 is 0 Å². The van der Waals surface area contributed by atoms with E-state index in [-0.39, 0.29) is 0 Å². The lowest BCUT2D eigenvalue weighted by Crippen LogP contribution is -1.86. The molecule has 0 saturated heterocycles. The molecule has 13 heavy (non-hydrogen) atoms. The van der Waals surface area contributed by atoms with E-state index in [1.807, 2.05) is 6.08 Å². The first-order chi connectivity index (χ1) is 6.26. The van der Waals surface area contributed by atoms with Crippen LogP contribution in [0.3, 0.4) is 0 Å². The fourth-order valence-corrected chi connectivity index (χ4v) is 1.22. The summed E-state index contributed by atoms with van der Waals surface area (Å²) in [7, 11) is 0. The molecule has 0 heterocycles. The molecule has 1 aliphatic rings. The molecule has 0 N–H and O–H groups in total. The van der Waals surface area contributed by atoms with E-state index in [1.165, 1.54) is 16.7 Å². The molecule has 0 radical (unpaired) electrons. The predicted molar refractivity (Wildman–Crippen MR) is 59.6 cm³/mol. The summed E-state index contributed by atoms with van der Waals surface area (Å²) < 4.78 is 0. The van der Waals surface area contributed by atoms with Crippen molar-refractivity contribution in [2.45, 2.75) is 19.8 Å². The van der Waals surface area contributed by atoms with Crippen molar-refractivity contribution in [1.29, 1.82) is 0 Å². The first-order valence-electron chi connectivity index (χ1n) is 4.65. The quantitative estimate of drug-likeness (QED) is 0.604. The topological polar surface area (TPSA) is 0 Å². The summed E-state index contributed by atoms with van der Waals surface area (Å²) in [6.07, 6.45) is 12.5. The summed E-state index contributed by atoms with van der Waals surface area (Å²) in [5.41, 5.74) is 3.67. The lowest BCUT2D eigenvalue weighted by Gasteiger charge is -2.06. The van der Waals surface area contributed by atoms with Crippen molar-refractivity contribution in [3.05, 3.63) is 60.3 Å². The molecule has 0 bridgehead atoms. The summed E-state index contributed by atoms with van der Waals surface area (Å²) in [6, 6.07) is 0. The van der Waals surface area contributed by atoms with E-state index in [2.05, 4.69) is 44.4 Å². The molecule has 0 heteroatoms. The van der Waals surface area contributed by atoms with Crippen LogP contribution in [0.2, 0.25) is 0 Å². The normalized spacial score (nSPS) is 18.5. The second kappa shape index (κ2) is 4.66. The van der Waals surface area contributed by atoms with E-state index in [0.717, 1.165) is 12.8 Å². The fourth-order valence-electron chi connectivity index (χ4n) is 1.22. The van der Waals surface area contributed by atoms with Gasteiger partial charge in [0.25, 0.3) is 0 Å². The smallest absolute Gasteiger partial charge is 0.00941 e. The minimum absolute atomic E-state index is 0.999. The molecule has 0 spiro atoms. The van der Waals surface area contributed by atoms with Crippen LogP contribution < -0.4 is 0 Å². The van der Waals surface area contributed by atoms with Crippen molar-refractivity contribution in [1.82, 2.24) is 0 Å². The molecule has 0 aromatic heterocycles. The van der Waals surface area contributed by atoms with Gasteiger partial charge in [0.1, 0.15) is 0 Å². The molecule has 1 aliphatic carbocycles. The molecule has 1 rings (SSSR count). The van der Waals surface area contributed by atoms with Gasteiger partial charge < -0.3 is 0 Å². The third-order valence-electron chi connectivity index (χ3n) is 2.10. The average Bonchev–Trinajstić information content (AvgIpc) is 2.18. The van der Waals surface area contributed by atoms with Crippen molar-refractivity contribution < 1.29 is 0 Å². The number of hydrogen-bond donors (Lipinski definition) is 0. The SMILES string of the molecule is C=CC1=C/C(=C\C(=C)CC)C=CC1. The van der Waals surface area contributed by atoms with Crippen LogP contribution in [0, 0.1) is 0 Å². The minimum atomic E-state index is 0.999. The zero-order valence-corrected chi connectivity index (χ0v) is 8.22. The van der Waals surface area contributed by atoms with Gasteiger partial charge in [-0.2, -0.15) is 0 Å². The Hall–Kier alpha value is -1.30. The maximum Gasteiger partial charge on any atom is -0.00941 e. The molecule has 0 amide bonds. The van der Waals surface area contributed by atoms with Crippen molar-refractivity contribution in [2.75, 3.05) is 0 Å². The Morgan fingerprint density at radius 1 is 1.62 bits per heavy atom. The van der Waals surface area contributed by atoms with E-state index in [1.54, 1.807) is 0 Å². The van der Waals surface area contributed by atoms with Gasteiger partial charge in [-0.15, -0.1) is 0 Å². The third-order valence-corrected chi connectivity index (χ3v) is 2.10. The molecule has 68 valence electrons. The largest absolute Gasteiger partial charge is 0.0988 e. The van der Waals surface area contributed by atoms with Crippen LogP contribution in [-0.2, 0) is 0 Å². The van der Waals surface area contributed by atoms with Gasteiger partial charge in [-0.05, 0) is 24.0 Å². The van der Waals surface area contributed by atoms with E-state index in [9.17, 15) is 0 Å². The van der Waals surface area contributed by atoms with Crippen LogP contribution in [0.1, 0.15) is 19.8 Å². The lowest BCUT2D eigenvalue weighted by molar-refractivity contribution is 1.15. The summed E-state index contributed by atoms with van der Waals surface area (Å²) in [6.45, 7) is 9.83. The molecule has 0 unspecified atom stereocenters. The molecule has 0 aromatic carbocycles. The van der Waals surface area contributed by atoms with Gasteiger partial charge in [-0.1, -0.05) is 56.0 Å². The average molecular weight is 172 g/mol. The lowest BCUT2D eigenvalue weighted by atomic mass is 10.00. The molecule has 0 aliphatic heterocycles. The highest BCUT2D eigenvalue weighted by molar-refractivity contribution is 5.44. The Labute approximate surface area is 80.7 Å². The maximum atomic E-state index is 3.95. The van der Waals surface area contributed by atoms with Crippen LogP contribution in [0.5, 0.6) is 0 Å². The second-order valence-corrected chi connectivity index (χ2v) is 3.19. The number of rotatable bonds is 3. The van der Waals surface area contributed by atoms with E-state index in [0.29, 0.717) is 0 Å². The van der Waals surface area contributed by atoms with Crippen LogP contribution in [0.4, 0.5) is 0 Å². The molecule has 0 nitrogen and oxygen atoms in total. The van der Waals surface area contributed by atoms with Gasteiger partial charge in [0.15, 0.2) is 0 Å². The van der Waals surface area contributed by atoms with Gasteiger partial charge in [-0.3, -0.25) is 0 Å². The van der Waals surface area contributed by atoms with Crippen LogP contribution >= 0.6 is 0 Å². The maximum absolute atomic E-state index is 3.95. The summed E-state index contributed by atoms with van der Waals surface area (Å²) in [5, 5.41) is 0. The first kappa shape index (κ1) is 9.79. The van der Waals surface area contributed by atoms with Crippen molar-refractivity contribution >= 4 is 0 Å². The van der Waals surface area contributed by atoms with Gasteiger partial charge >= 0.3 is 0 Å². The molecule has 0 saturated carbocycles. The van der Waals surface area contributed by atoms with Crippen molar-refractivity contribution in [3.63, 3.8) is 0 Å². The van der Waals surface area contributed by atoms with E-state index in [4.69, 9.17) is 0 Å². The predicted octanol–water partition coefficient (Wildman–Crippen LogP) is 3.95. The third kappa shape index (κ3) is 2.90. The Kier molecular flexibility index (Phi) is 3.51. The highest BCUT2D eigenvalue weighted by atomic mass is 14.0. The summed E-state index contributed by atoms with van der Waals surface area (Å²) in [4.78, 5) is 0. The standard InChI is InChI=1S/C13H16/c1-4-11(3)9-13-8-6-7-12(5-2)10-13/h5-6,8-10H,2-4,7H2,1H3/b13-9-. The number of hydrogen-bond acceptors (Lipinski definition) is 0. The molecule has 0 atom stereocenters. The minimum Gasteiger partial charge on any atom is -0.0988 e. The molecular formula is C13H16. The highest BCUT2D eigenvalue weighted by Gasteiger charge is 1.98. The Morgan fingerprint density at radius 2 is 2.38 bits per heavy atom. The second-order valence-electron chi connectivity index (χ2n) is 3.19. The van der Waals surface area contributed by atoms with Crippen molar-refractivity contribution in [3.8, 4) is 0 Å². The zero-order chi connectivity index (χ0) is 9.68. The van der Waals surface area contributed by atoms with Crippen LogP contribution in [0.15, 0.2) is 60.3 Å². The van der Waals surface area contributed by atoms with Gasteiger partial charge in [0.2, 0.25) is 0 Å². The van der Waals surface area contributed by atoms with Gasteiger partial charge in [0, 0.05) is 0 Å². The molecule has 0 fully saturated rings. The molecule has 0 aromatic rings. The summed E-state index contributed by atoms with van der Waals surface area (Å²) >= 11 is 0. The monoisotopic (exact) mass is 172 g/mol. The fraction of sp³-hybridized carbons (Fsp3) is 0.231. The van der Waals surface area contributed by atoms with E-state index >= 15 is 0 Å². The molecular weight excluding hydrogens is 156 g/mol. The number of allylic oxidation sites excluding steroid dienone is 8. The van der Waals surface area contributed by atoms with Crippen molar-refractivity contribution in [2.24, 2.45) is 0 Å². The highest BCUT2D eigenvalue weighted by Crippen LogP contribution is 2.17. The Bertz CT molecular complexity index is 298. The Morgan fingerprint density at radius 3 is 3.00 bits per heavy atom. The summed E-state index contributed by atoms with van der Waals surface area (Å²) in [5.74, 6) is 0. The zero-order valence-electron chi connectivity index (χ0n) is 8.22. The van der Waals surface area contributed by atoms with Crippen LogP contribution in [-0.4, -0.2) is 0 Å². The first-order valence-corrected chi connectivity index (χ1v) is 4.65. The van der Waals surface area contributed by atoms with Gasteiger partial charge in [0.05, 0.1) is 0 Å². The van der Waals surface area contributed by atoms with Gasteiger partial charge in [-0.25, -0.2) is 0 Å². The Balaban J connectivity index is 2.81.